The Bertz CT molecular complexity index is 1200. The SMILES string of the molecule is CC/C=C\C/C=C\C/C=C\C/C=C\C/C=C\C/C=C\CCC(=O)OC(COC(=O)CCCCCCCCC/C=C\C/C=C\CCCCCC)COP(=O)(O)O. The summed E-state index contributed by atoms with van der Waals surface area (Å²) in [7, 11) is -4.78. The van der Waals surface area contributed by atoms with Crippen molar-refractivity contribution in [2.24, 2.45) is 0 Å². The van der Waals surface area contributed by atoms with Crippen LogP contribution in [0.25, 0.3) is 0 Å². The van der Waals surface area contributed by atoms with Crippen LogP contribution in [0.2, 0.25) is 0 Å². The van der Waals surface area contributed by atoms with E-state index in [0.29, 0.717) is 12.8 Å². The number of hydrogen-bond donors (Lipinski definition) is 2. The van der Waals surface area contributed by atoms with Gasteiger partial charge >= 0.3 is 19.8 Å². The first-order chi connectivity index (χ1) is 26.8. The van der Waals surface area contributed by atoms with E-state index in [1.165, 1.54) is 51.4 Å². The zero-order valence-electron chi connectivity index (χ0n) is 34.3. The number of carbonyl (C=O) groups is 2. The van der Waals surface area contributed by atoms with Gasteiger partial charge in [-0.15, -0.1) is 0 Å². The molecule has 9 heteroatoms. The molecule has 1 unspecified atom stereocenters. The molecule has 0 radical (unpaired) electrons. The van der Waals surface area contributed by atoms with E-state index in [2.05, 4.69) is 103 Å². The maximum atomic E-state index is 12.4. The molecule has 0 aromatic heterocycles. The van der Waals surface area contributed by atoms with Crippen molar-refractivity contribution in [1.29, 1.82) is 0 Å². The first-order valence-electron chi connectivity index (χ1n) is 21.0. The number of rotatable bonds is 37. The summed E-state index contributed by atoms with van der Waals surface area (Å²) in [6.07, 6.45) is 55.6. The molecule has 0 aromatic rings. The predicted molar refractivity (Wildman–Crippen MR) is 229 cm³/mol. The Labute approximate surface area is 334 Å². The van der Waals surface area contributed by atoms with Crippen LogP contribution in [0.3, 0.4) is 0 Å². The second-order valence-corrected chi connectivity index (χ2v) is 14.8. The molecule has 1 atom stereocenters. The van der Waals surface area contributed by atoms with Crippen LogP contribution >= 0.6 is 7.82 Å². The minimum absolute atomic E-state index is 0.0795. The topological polar surface area (TPSA) is 119 Å². The molecule has 0 saturated carbocycles. The Morgan fingerprint density at radius 3 is 1.38 bits per heavy atom. The lowest BCUT2D eigenvalue weighted by molar-refractivity contribution is -0.161. The zero-order valence-corrected chi connectivity index (χ0v) is 35.2. The molecular formula is C46H75O8P. The third kappa shape index (κ3) is 43.6. The van der Waals surface area contributed by atoms with Gasteiger partial charge in [0, 0.05) is 12.8 Å². The van der Waals surface area contributed by atoms with Gasteiger partial charge in [-0.1, -0.05) is 162 Å². The molecular weight excluding hydrogens is 711 g/mol. The molecule has 0 amide bonds. The van der Waals surface area contributed by atoms with E-state index in [-0.39, 0.29) is 19.4 Å². The summed E-state index contributed by atoms with van der Waals surface area (Å²) >= 11 is 0. The summed E-state index contributed by atoms with van der Waals surface area (Å²) in [5, 5.41) is 0. The predicted octanol–water partition coefficient (Wildman–Crippen LogP) is 13.0. The highest BCUT2D eigenvalue weighted by Gasteiger charge is 2.22. The third-order valence-corrected chi connectivity index (χ3v) is 8.84. The van der Waals surface area contributed by atoms with Gasteiger partial charge in [0.1, 0.15) is 6.61 Å². The van der Waals surface area contributed by atoms with Crippen LogP contribution in [-0.2, 0) is 28.2 Å². The van der Waals surface area contributed by atoms with E-state index >= 15 is 0 Å². The Morgan fingerprint density at radius 2 is 0.909 bits per heavy atom. The molecule has 0 aliphatic carbocycles. The minimum atomic E-state index is -4.78. The van der Waals surface area contributed by atoms with Crippen LogP contribution in [0.5, 0.6) is 0 Å². The highest BCUT2D eigenvalue weighted by molar-refractivity contribution is 7.46. The van der Waals surface area contributed by atoms with E-state index in [1.54, 1.807) is 0 Å². The summed E-state index contributed by atoms with van der Waals surface area (Å²) < 4.78 is 26.3. The van der Waals surface area contributed by atoms with E-state index in [0.717, 1.165) is 70.6 Å². The van der Waals surface area contributed by atoms with E-state index in [9.17, 15) is 14.2 Å². The Hall–Kier alpha value is -3.03. The molecule has 312 valence electrons. The minimum Gasteiger partial charge on any atom is -0.462 e. The average molecular weight is 787 g/mol. The summed E-state index contributed by atoms with van der Waals surface area (Å²) in [5.41, 5.74) is 0. The van der Waals surface area contributed by atoms with Gasteiger partial charge in [0.2, 0.25) is 0 Å². The molecule has 0 bridgehead atoms. The molecule has 0 aliphatic rings. The third-order valence-electron chi connectivity index (χ3n) is 8.35. The zero-order chi connectivity index (χ0) is 40.3. The fourth-order valence-electron chi connectivity index (χ4n) is 5.25. The van der Waals surface area contributed by atoms with Gasteiger partial charge < -0.3 is 19.3 Å². The van der Waals surface area contributed by atoms with Gasteiger partial charge in [0.15, 0.2) is 6.10 Å². The summed E-state index contributed by atoms with van der Waals surface area (Å²) in [6, 6.07) is 0. The first-order valence-corrected chi connectivity index (χ1v) is 22.6. The van der Waals surface area contributed by atoms with Crippen LogP contribution in [0, 0.1) is 0 Å². The fourth-order valence-corrected chi connectivity index (χ4v) is 5.61. The summed E-state index contributed by atoms with van der Waals surface area (Å²) in [6.45, 7) is 3.47. The molecule has 0 rings (SSSR count). The van der Waals surface area contributed by atoms with Gasteiger partial charge in [0.05, 0.1) is 6.61 Å². The van der Waals surface area contributed by atoms with Gasteiger partial charge in [-0.2, -0.15) is 0 Å². The van der Waals surface area contributed by atoms with Crippen molar-refractivity contribution in [3.8, 4) is 0 Å². The van der Waals surface area contributed by atoms with Crippen molar-refractivity contribution < 1.29 is 37.9 Å². The normalized spacial score (nSPS) is 13.5. The lowest BCUT2D eigenvalue weighted by atomic mass is 10.1. The van der Waals surface area contributed by atoms with Crippen molar-refractivity contribution in [3.63, 3.8) is 0 Å². The number of ether oxygens (including phenoxy) is 2. The maximum Gasteiger partial charge on any atom is 0.469 e. The molecule has 0 spiro atoms. The van der Waals surface area contributed by atoms with E-state index in [1.807, 2.05) is 12.2 Å². The molecule has 55 heavy (non-hydrogen) atoms. The molecule has 2 N–H and O–H groups in total. The van der Waals surface area contributed by atoms with Crippen LogP contribution in [-0.4, -0.2) is 41.0 Å². The van der Waals surface area contributed by atoms with Crippen molar-refractivity contribution in [1.82, 2.24) is 0 Å². The number of hydrogen-bond acceptors (Lipinski definition) is 6. The van der Waals surface area contributed by atoms with E-state index < -0.39 is 32.5 Å². The van der Waals surface area contributed by atoms with E-state index in [4.69, 9.17) is 19.3 Å². The smallest absolute Gasteiger partial charge is 0.462 e. The van der Waals surface area contributed by atoms with Crippen molar-refractivity contribution in [3.05, 3.63) is 97.2 Å². The number of phosphoric acid groups is 1. The van der Waals surface area contributed by atoms with Gasteiger partial charge in [0.25, 0.3) is 0 Å². The van der Waals surface area contributed by atoms with Crippen LogP contribution in [0.4, 0.5) is 0 Å². The summed E-state index contributed by atoms with van der Waals surface area (Å²) in [4.78, 5) is 42.8. The van der Waals surface area contributed by atoms with Crippen molar-refractivity contribution in [2.75, 3.05) is 13.2 Å². The van der Waals surface area contributed by atoms with Crippen LogP contribution < -0.4 is 0 Å². The highest BCUT2D eigenvalue weighted by atomic mass is 31.2. The Balaban J connectivity index is 4.08. The number of esters is 2. The molecule has 8 nitrogen and oxygen atoms in total. The number of carbonyl (C=O) groups excluding carboxylic acids is 2. The van der Waals surface area contributed by atoms with Crippen LogP contribution in [0.15, 0.2) is 97.2 Å². The molecule has 0 aliphatic heterocycles. The maximum absolute atomic E-state index is 12.4. The number of phosphoric ester groups is 1. The molecule has 0 fully saturated rings. The standard InChI is InChI=1S/C46H75O8P/c1-3-5-7-9-11-13-15-17-19-21-23-25-27-29-31-33-35-37-39-41-46(48)54-44(43-53-55(49,50)51)42-52-45(47)40-38-36-34-32-30-28-26-24-22-20-18-16-14-12-10-8-6-4-2/h5,7,11,13-14,16-17,19-20,22-23,25,29,31,35,37,44H,3-4,6,8-10,12,15,18,21,24,26-28,30,32-34,36,38-43H2,1-2H3,(H2,49,50,51)/b7-5-,13-11-,16-14-,19-17-,22-20-,25-23-,31-29-,37-35-. The highest BCUT2D eigenvalue weighted by Crippen LogP contribution is 2.36. The fraction of sp³-hybridized carbons (Fsp3) is 0.609. The van der Waals surface area contributed by atoms with Crippen molar-refractivity contribution >= 4 is 19.8 Å². The van der Waals surface area contributed by atoms with Gasteiger partial charge in [-0.05, 0) is 83.5 Å². The largest absolute Gasteiger partial charge is 0.469 e. The second-order valence-electron chi connectivity index (χ2n) is 13.6. The monoisotopic (exact) mass is 787 g/mol. The Kier molecular flexibility index (Phi) is 38.4. The summed E-state index contributed by atoms with van der Waals surface area (Å²) in [5.74, 6) is -1.00. The van der Waals surface area contributed by atoms with Crippen LogP contribution in [0.1, 0.15) is 162 Å². The second kappa shape index (κ2) is 40.6. The molecule has 0 heterocycles. The number of unbranched alkanes of at least 4 members (excludes halogenated alkanes) is 11. The lowest BCUT2D eigenvalue weighted by Gasteiger charge is -2.18. The van der Waals surface area contributed by atoms with Crippen molar-refractivity contribution in [2.45, 2.75) is 168 Å². The number of allylic oxidation sites excluding steroid dienone is 16. The van der Waals surface area contributed by atoms with Gasteiger partial charge in [-0.25, -0.2) is 4.57 Å². The Morgan fingerprint density at radius 1 is 0.491 bits per heavy atom. The lowest BCUT2D eigenvalue weighted by Crippen LogP contribution is -2.29. The molecule has 0 saturated heterocycles. The first kappa shape index (κ1) is 52.0. The van der Waals surface area contributed by atoms with Gasteiger partial charge in [-0.3, -0.25) is 14.1 Å². The average Bonchev–Trinajstić information content (AvgIpc) is 3.16. The molecule has 0 aromatic carbocycles. The quantitative estimate of drug-likeness (QED) is 0.0276.